The molecule has 1 fully saturated rings. The topological polar surface area (TPSA) is 46.6 Å². The molecule has 0 bridgehead atoms. The third-order valence-electron chi connectivity index (χ3n) is 4.78. The van der Waals surface area contributed by atoms with Gasteiger partial charge in [0, 0.05) is 11.5 Å². The first-order chi connectivity index (χ1) is 11.1. The van der Waals surface area contributed by atoms with Crippen LogP contribution >= 0.6 is 0 Å². The fraction of sp³-hybridized carbons (Fsp3) is 0.263. The number of fused-ring (bicyclic) bond motifs is 2. The Morgan fingerprint density at radius 1 is 1.09 bits per heavy atom. The fourth-order valence-electron chi connectivity index (χ4n) is 3.66. The molecule has 2 aromatic carbocycles. The number of anilines is 1. The average Bonchev–Trinajstić information content (AvgIpc) is 2.99. The first-order valence-corrected chi connectivity index (χ1v) is 7.80. The molecule has 0 saturated carbocycles. The first kappa shape index (κ1) is 14.0. The summed E-state index contributed by atoms with van der Waals surface area (Å²) in [5, 5.41) is 0. The van der Waals surface area contributed by atoms with Crippen LogP contribution in [0.15, 0.2) is 54.6 Å². The highest BCUT2D eigenvalue weighted by atomic mass is 16.6. The average molecular weight is 307 g/mol. The normalized spacial score (nSPS) is 25.8. The lowest BCUT2D eigenvalue weighted by Crippen LogP contribution is -2.43. The van der Waals surface area contributed by atoms with Gasteiger partial charge in [-0.2, -0.15) is 0 Å². The van der Waals surface area contributed by atoms with Gasteiger partial charge < -0.3 is 9.64 Å². The number of rotatable bonds is 2. The van der Waals surface area contributed by atoms with E-state index in [1.165, 1.54) is 0 Å². The summed E-state index contributed by atoms with van der Waals surface area (Å²) in [4.78, 5) is 26.8. The van der Waals surface area contributed by atoms with Crippen LogP contribution in [0.25, 0.3) is 0 Å². The minimum absolute atomic E-state index is 0.138. The standard InChI is InChI=1S/C19H17NO3/c1-13-11-17(21)23-19(13)15-9-5-6-10-16(15)20(18(19)22)12-14-7-3-2-4-8-14/h2-10,13H,11-12H2,1H3/t13-,19+/m1/s1. The van der Waals surface area contributed by atoms with Gasteiger partial charge in [0.15, 0.2) is 0 Å². The van der Waals surface area contributed by atoms with Crippen molar-refractivity contribution >= 4 is 17.6 Å². The van der Waals surface area contributed by atoms with E-state index in [9.17, 15) is 9.59 Å². The number of carbonyl (C=O) groups is 2. The fourth-order valence-corrected chi connectivity index (χ4v) is 3.66. The monoisotopic (exact) mass is 307 g/mol. The molecule has 1 amide bonds. The van der Waals surface area contributed by atoms with Gasteiger partial charge in [0.05, 0.1) is 18.7 Å². The van der Waals surface area contributed by atoms with E-state index < -0.39 is 5.60 Å². The predicted octanol–water partition coefficient (Wildman–Crippen LogP) is 3.01. The number of esters is 1. The third-order valence-corrected chi connectivity index (χ3v) is 4.78. The highest BCUT2D eigenvalue weighted by Crippen LogP contribution is 2.51. The zero-order valence-corrected chi connectivity index (χ0v) is 12.9. The second-order valence-corrected chi connectivity index (χ2v) is 6.21. The molecule has 2 aromatic rings. The van der Waals surface area contributed by atoms with Crippen molar-refractivity contribution in [3.8, 4) is 0 Å². The van der Waals surface area contributed by atoms with Crippen molar-refractivity contribution in [1.82, 2.24) is 0 Å². The summed E-state index contributed by atoms with van der Waals surface area (Å²) >= 11 is 0. The van der Waals surface area contributed by atoms with Crippen molar-refractivity contribution in [2.24, 2.45) is 5.92 Å². The predicted molar refractivity (Wildman–Crippen MR) is 85.6 cm³/mol. The summed E-state index contributed by atoms with van der Waals surface area (Å²) < 4.78 is 5.60. The molecule has 1 spiro atoms. The van der Waals surface area contributed by atoms with Crippen LogP contribution in [0, 0.1) is 5.92 Å². The van der Waals surface area contributed by atoms with Gasteiger partial charge in [0.25, 0.3) is 5.91 Å². The van der Waals surface area contributed by atoms with E-state index in [2.05, 4.69) is 0 Å². The summed E-state index contributed by atoms with van der Waals surface area (Å²) in [5.41, 5.74) is 1.54. The molecule has 23 heavy (non-hydrogen) atoms. The Morgan fingerprint density at radius 3 is 2.48 bits per heavy atom. The second-order valence-electron chi connectivity index (χ2n) is 6.21. The number of amides is 1. The summed E-state index contributed by atoms with van der Waals surface area (Å²) in [7, 11) is 0. The quantitative estimate of drug-likeness (QED) is 0.801. The van der Waals surface area contributed by atoms with Gasteiger partial charge in [0.1, 0.15) is 0 Å². The maximum atomic E-state index is 13.2. The molecule has 0 aliphatic carbocycles. The molecule has 2 aliphatic heterocycles. The van der Waals surface area contributed by atoms with Crippen LogP contribution in [-0.4, -0.2) is 11.9 Å². The van der Waals surface area contributed by atoms with Crippen LogP contribution in [0.4, 0.5) is 5.69 Å². The second kappa shape index (κ2) is 4.95. The maximum absolute atomic E-state index is 13.2. The zero-order valence-electron chi connectivity index (χ0n) is 12.9. The van der Waals surface area contributed by atoms with Crippen molar-refractivity contribution in [3.63, 3.8) is 0 Å². The molecule has 1 saturated heterocycles. The third kappa shape index (κ3) is 1.91. The number of benzene rings is 2. The Morgan fingerprint density at radius 2 is 1.78 bits per heavy atom. The number of ether oxygens (including phenoxy) is 1. The smallest absolute Gasteiger partial charge is 0.307 e. The Balaban J connectivity index is 1.81. The molecule has 2 heterocycles. The summed E-state index contributed by atoms with van der Waals surface area (Å²) in [6.07, 6.45) is 0.277. The Kier molecular flexibility index (Phi) is 3.01. The van der Waals surface area contributed by atoms with Gasteiger partial charge in [0.2, 0.25) is 5.60 Å². The zero-order chi connectivity index (χ0) is 16.0. The first-order valence-electron chi connectivity index (χ1n) is 7.80. The Labute approximate surface area is 134 Å². The Hall–Kier alpha value is -2.62. The highest BCUT2D eigenvalue weighted by Gasteiger charge is 2.61. The number of carbonyl (C=O) groups excluding carboxylic acids is 2. The number of hydrogen-bond donors (Lipinski definition) is 0. The number of para-hydroxylation sites is 1. The van der Waals surface area contributed by atoms with E-state index in [0.717, 1.165) is 16.8 Å². The van der Waals surface area contributed by atoms with Crippen LogP contribution in [0.3, 0.4) is 0 Å². The van der Waals surface area contributed by atoms with Crippen LogP contribution in [0.2, 0.25) is 0 Å². The highest BCUT2D eigenvalue weighted by molar-refractivity contribution is 6.09. The van der Waals surface area contributed by atoms with E-state index in [1.807, 2.05) is 61.5 Å². The summed E-state index contributed by atoms with van der Waals surface area (Å²) in [5.74, 6) is -0.604. The van der Waals surface area contributed by atoms with Crippen molar-refractivity contribution in [2.45, 2.75) is 25.5 Å². The van der Waals surface area contributed by atoms with Crippen LogP contribution < -0.4 is 4.90 Å². The molecular weight excluding hydrogens is 290 g/mol. The SMILES string of the molecule is C[C@@H]1CC(=O)O[C@@]12C(=O)N(Cc1ccccc1)c1ccccc12. The number of nitrogens with zero attached hydrogens (tertiary/aromatic N) is 1. The van der Waals surface area contributed by atoms with Crippen molar-refractivity contribution in [1.29, 1.82) is 0 Å². The van der Waals surface area contributed by atoms with Crippen LogP contribution in [0.5, 0.6) is 0 Å². The van der Waals surface area contributed by atoms with E-state index >= 15 is 0 Å². The minimum Gasteiger partial charge on any atom is -0.444 e. The lowest BCUT2D eigenvalue weighted by Gasteiger charge is -2.26. The molecule has 0 radical (unpaired) electrons. The molecule has 116 valence electrons. The van der Waals surface area contributed by atoms with Gasteiger partial charge in [-0.05, 0) is 11.6 Å². The molecule has 4 nitrogen and oxygen atoms in total. The molecule has 4 heteroatoms. The van der Waals surface area contributed by atoms with Crippen LogP contribution in [-0.2, 0) is 26.5 Å². The summed E-state index contributed by atoms with van der Waals surface area (Å²) in [6, 6.07) is 17.5. The largest absolute Gasteiger partial charge is 0.444 e. The van der Waals surface area contributed by atoms with Crippen molar-refractivity contribution in [3.05, 3.63) is 65.7 Å². The van der Waals surface area contributed by atoms with Gasteiger partial charge in [-0.15, -0.1) is 0 Å². The lowest BCUT2D eigenvalue weighted by atomic mass is 9.83. The molecule has 4 rings (SSSR count). The van der Waals surface area contributed by atoms with Gasteiger partial charge in [-0.25, -0.2) is 0 Å². The number of hydrogen-bond acceptors (Lipinski definition) is 3. The van der Waals surface area contributed by atoms with Crippen LogP contribution in [0.1, 0.15) is 24.5 Å². The summed E-state index contributed by atoms with van der Waals surface area (Å²) in [6.45, 7) is 2.38. The van der Waals surface area contributed by atoms with E-state index in [0.29, 0.717) is 6.54 Å². The molecular formula is C19H17NO3. The molecule has 0 aromatic heterocycles. The lowest BCUT2D eigenvalue weighted by molar-refractivity contribution is -0.159. The van der Waals surface area contributed by atoms with E-state index in [4.69, 9.17) is 4.74 Å². The van der Waals surface area contributed by atoms with Gasteiger partial charge in [-0.1, -0.05) is 55.5 Å². The molecule has 0 unspecified atom stereocenters. The van der Waals surface area contributed by atoms with Gasteiger partial charge in [-0.3, -0.25) is 9.59 Å². The maximum Gasteiger partial charge on any atom is 0.307 e. The van der Waals surface area contributed by atoms with E-state index in [1.54, 1.807) is 4.90 Å². The van der Waals surface area contributed by atoms with Crippen molar-refractivity contribution in [2.75, 3.05) is 4.90 Å². The molecule has 2 aliphatic rings. The van der Waals surface area contributed by atoms with Gasteiger partial charge >= 0.3 is 5.97 Å². The van der Waals surface area contributed by atoms with Crippen molar-refractivity contribution < 1.29 is 14.3 Å². The Bertz CT molecular complexity index is 786. The molecule has 0 N–H and O–H groups in total. The molecule has 2 atom stereocenters. The van der Waals surface area contributed by atoms with E-state index in [-0.39, 0.29) is 24.2 Å². The minimum atomic E-state index is -1.15.